The van der Waals surface area contributed by atoms with Crippen LogP contribution in [0.5, 0.6) is 5.88 Å². The first kappa shape index (κ1) is 11.8. The third kappa shape index (κ3) is 2.19. The van der Waals surface area contributed by atoms with E-state index < -0.39 is 0 Å². The molecule has 1 fully saturated rings. The van der Waals surface area contributed by atoms with Crippen LogP contribution in [-0.2, 0) is 9.53 Å². The van der Waals surface area contributed by atoms with Gasteiger partial charge in [-0.05, 0) is 10.4 Å². The Kier molecular flexibility index (Phi) is 2.95. The van der Waals surface area contributed by atoms with Crippen LogP contribution in [0.25, 0.3) is 5.65 Å². The molecule has 9 nitrogen and oxygen atoms in total. The van der Waals surface area contributed by atoms with E-state index in [1.165, 1.54) is 24.0 Å². The number of fused-ring (bicyclic) bond motifs is 1. The van der Waals surface area contributed by atoms with Crippen LogP contribution in [0.1, 0.15) is 6.42 Å². The summed E-state index contributed by atoms with van der Waals surface area (Å²) >= 11 is 0. The van der Waals surface area contributed by atoms with Gasteiger partial charge in [-0.2, -0.15) is 4.52 Å². The predicted octanol–water partition coefficient (Wildman–Crippen LogP) is -1.20. The third-order valence-corrected chi connectivity index (χ3v) is 2.94. The first-order valence-corrected chi connectivity index (χ1v) is 5.78. The number of hydrogen-bond acceptors (Lipinski definition) is 8. The quantitative estimate of drug-likeness (QED) is 0.689. The van der Waals surface area contributed by atoms with Crippen LogP contribution in [0.3, 0.4) is 0 Å². The van der Waals surface area contributed by atoms with Crippen molar-refractivity contribution in [3.8, 4) is 5.88 Å². The zero-order valence-corrected chi connectivity index (χ0v) is 10.2. The molecule has 1 saturated heterocycles. The SMILES string of the molecule is COC(=O)C1CC(Oc2cncc3nnnn23)CN1. The van der Waals surface area contributed by atoms with Crippen LogP contribution < -0.4 is 10.1 Å². The Morgan fingerprint density at radius 1 is 1.53 bits per heavy atom. The summed E-state index contributed by atoms with van der Waals surface area (Å²) in [6.07, 6.45) is 3.46. The van der Waals surface area contributed by atoms with Crippen molar-refractivity contribution in [3.05, 3.63) is 12.4 Å². The van der Waals surface area contributed by atoms with Crippen LogP contribution in [0.15, 0.2) is 12.4 Å². The molecule has 1 N–H and O–H groups in total. The van der Waals surface area contributed by atoms with E-state index in [0.29, 0.717) is 24.5 Å². The van der Waals surface area contributed by atoms with Crippen LogP contribution in [0.4, 0.5) is 0 Å². The first-order chi connectivity index (χ1) is 9.28. The largest absolute Gasteiger partial charge is 0.472 e. The Morgan fingerprint density at radius 2 is 2.42 bits per heavy atom. The molecule has 0 saturated carbocycles. The number of carbonyl (C=O) groups is 1. The lowest BCUT2D eigenvalue weighted by atomic mass is 10.2. The van der Waals surface area contributed by atoms with Crippen LogP contribution in [-0.4, -0.2) is 56.8 Å². The summed E-state index contributed by atoms with van der Waals surface area (Å²) < 4.78 is 11.9. The van der Waals surface area contributed by atoms with E-state index in [4.69, 9.17) is 4.74 Å². The standard InChI is InChI=1S/C10H12N6O3/c1-18-10(17)7-2-6(3-12-7)19-9-5-11-4-8-13-14-15-16(8)9/h4-7,12H,2-3H2,1H3. The van der Waals surface area contributed by atoms with Crippen molar-refractivity contribution in [3.63, 3.8) is 0 Å². The van der Waals surface area contributed by atoms with Crippen molar-refractivity contribution >= 4 is 11.6 Å². The van der Waals surface area contributed by atoms with Gasteiger partial charge >= 0.3 is 5.97 Å². The van der Waals surface area contributed by atoms with E-state index in [-0.39, 0.29) is 18.1 Å². The maximum absolute atomic E-state index is 11.4. The van der Waals surface area contributed by atoms with E-state index in [1.807, 2.05) is 0 Å². The van der Waals surface area contributed by atoms with Gasteiger partial charge in [-0.15, -0.1) is 5.10 Å². The molecule has 2 aromatic heterocycles. The summed E-state index contributed by atoms with van der Waals surface area (Å²) in [6, 6.07) is -0.337. The fourth-order valence-electron chi connectivity index (χ4n) is 2.02. The van der Waals surface area contributed by atoms with Gasteiger partial charge in [0.1, 0.15) is 12.1 Å². The number of esters is 1. The minimum absolute atomic E-state index is 0.152. The van der Waals surface area contributed by atoms with Crippen molar-refractivity contribution in [1.29, 1.82) is 0 Å². The Hall–Kier alpha value is -2.29. The van der Waals surface area contributed by atoms with E-state index in [1.54, 1.807) is 0 Å². The molecule has 2 aromatic rings. The normalized spacial score (nSPS) is 22.6. The van der Waals surface area contributed by atoms with E-state index >= 15 is 0 Å². The van der Waals surface area contributed by atoms with Crippen molar-refractivity contribution in [1.82, 2.24) is 30.3 Å². The number of nitrogens with zero attached hydrogens (tertiary/aromatic N) is 5. The fourth-order valence-corrected chi connectivity index (χ4v) is 2.02. The lowest BCUT2D eigenvalue weighted by Crippen LogP contribution is -2.31. The predicted molar refractivity (Wildman–Crippen MR) is 61.4 cm³/mol. The second kappa shape index (κ2) is 4.76. The van der Waals surface area contributed by atoms with E-state index in [0.717, 1.165) is 0 Å². The van der Waals surface area contributed by atoms with Crippen molar-refractivity contribution in [2.24, 2.45) is 0 Å². The summed E-state index contributed by atoms with van der Waals surface area (Å²) in [5.74, 6) is 0.157. The average molecular weight is 264 g/mol. The average Bonchev–Trinajstić information content (AvgIpc) is 3.07. The van der Waals surface area contributed by atoms with Crippen molar-refractivity contribution in [2.75, 3.05) is 13.7 Å². The number of rotatable bonds is 3. The Morgan fingerprint density at radius 3 is 3.26 bits per heavy atom. The lowest BCUT2D eigenvalue weighted by Gasteiger charge is -2.12. The zero-order valence-electron chi connectivity index (χ0n) is 10.2. The Bertz CT molecular complexity index is 600. The second-order valence-corrected chi connectivity index (χ2v) is 4.15. The Balaban J connectivity index is 1.73. The number of carbonyl (C=O) groups excluding carboxylic acids is 1. The molecule has 3 rings (SSSR count). The first-order valence-electron chi connectivity index (χ1n) is 5.78. The summed E-state index contributed by atoms with van der Waals surface area (Å²) in [5, 5.41) is 14.2. The summed E-state index contributed by atoms with van der Waals surface area (Å²) in [6.45, 7) is 0.554. The molecular formula is C10H12N6O3. The van der Waals surface area contributed by atoms with Crippen LogP contribution >= 0.6 is 0 Å². The Labute approximate surface area is 107 Å². The van der Waals surface area contributed by atoms with Crippen molar-refractivity contribution in [2.45, 2.75) is 18.6 Å². The van der Waals surface area contributed by atoms with Crippen LogP contribution in [0.2, 0.25) is 0 Å². The van der Waals surface area contributed by atoms with Crippen LogP contribution in [0, 0.1) is 0 Å². The molecular weight excluding hydrogens is 252 g/mol. The molecule has 3 heterocycles. The van der Waals surface area contributed by atoms with Gasteiger partial charge < -0.3 is 14.8 Å². The number of hydrogen-bond donors (Lipinski definition) is 1. The third-order valence-electron chi connectivity index (χ3n) is 2.94. The lowest BCUT2D eigenvalue weighted by molar-refractivity contribution is -0.142. The maximum atomic E-state index is 11.4. The highest BCUT2D eigenvalue weighted by atomic mass is 16.5. The summed E-state index contributed by atoms with van der Waals surface area (Å²) in [4.78, 5) is 15.4. The second-order valence-electron chi connectivity index (χ2n) is 4.15. The summed E-state index contributed by atoms with van der Waals surface area (Å²) in [5.41, 5.74) is 0.507. The smallest absolute Gasteiger partial charge is 0.323 e. The molecule has 1 aliphatic rings. The number of nitrogens with one attached hydrogen (secondary N) is 1. The highest BCUT2D eigenvalue weighted by Crippen LogP contribution is 2.16. The highest BCUT2D eigenvalue weighted by Gasteiger charge is 2.31. The highest BCUT2D eigenvalue weighted by molar-refractivity contribution is 5.76. The molecule has 0 bridgehead atoms. The topological polar surface area (TPSA) is 104 Å². The summed E-state index contributed by atoms with van der Waals surface area (Å²) in [7, 11) is 1.37. The number of ether oxygens (including phenoxy) is 2. The molecule has 0 amide bonds. The van der Waals surface area contributed by atoms with E-state index in [9.17, 15) is 4.79 Å². The number of aromatic nitrogens is 5. The number of tetrazole rings is 1. The zero-order chi connectivity index (χ0) is 13.2. The molecule has 0 aliphatic carbocycles. The monoisotopic (exact) mass is 264 g/mol. The molecule has 0 spiro atoms. The van der Waals surface area contributed by atoms with Gasteiger partial charge in [0.05, 0.1) is 19.5 Å². The molecule has 0 radical (unpaired) electrons. The molecule has 2 unspecified atom stereocenters. The molecule has 1 aliphatic heterocycles. The van der Waals surface area contributed by atoms with Gasteiger partial charge in [0.15, 0.2) is 0 Å². The van der Waals surface area contributed by atoms with Gasteiger partial charge in [-0.25, -0.2) is 0 Å². The van der Waals surface area contributed by atoms with Gasteiger partial charge in [-0.3, -0.25) is 9.78 Å². The van der Waals surface area contributed by atoms with E-state index in [2.05, 4.69) is 30.6 Å². The molecule has 2 atom stereocenters. The number of methoxy groups -OCH3 is 1. The fraction of sp³-hybridized carbons (Fsp3) is 0.500. The van der Waals surface area contributed by atoms with Gasteiger partial charge in [-0.1, -0.05) is 0 Å². The minimum atomic E-state index is -0.337. The molecule has 100 valence electrons. The molecule has 0 aromatic carbocycles. The van der Waals surface area contributed by atoms with Gasteiger partial charge in [0.25, 0.3) is 0 Å². The molecule has 19 heavy (non-hydrogen) atoms. The van der Waals surface area contributed by atoms with Gasteiger partial charge in [0.2, 0.25) is 11.5 Å². The van der Waals surface area contributed by atoms with Gasteiger partial charge in [0, 0.05) is 13.0 Å². The minimum Gasteiger partial charge on any atom is -0.472 e. The molecule has 9 heteroatoms. The van der Waals surface area contributed by atoms with Crippen molar-refractivity contribution < 1.29 is 14.3 Å². The maximum Gasteiger partial charge on any atom is 0.323 e.